The maximum absolute atomic E-state index is 11.9. The van der Waals surface area contributed by atoms with Crippen LogP contribution in [0.4, 0.5) is 0 Å². The normalized spacial score (nSPS) is 11.0. The largest absolute Gasteiger partial charge is 0.341 e. The van der Waals surface area contributed by atoms with Crippen LogP contribution < -0.4 is 0 Å². The molecule has 0 spiro atoms. The zero-order valence-corrected chi connectivity index (χ0v) is 9.11. The van der Waals surface area contributed by atoms with Gasteiger partial charge in [0.2, 0.25) is 0 Å². The third-order valence-electron chi connectivity index (χ3n) is 2.05. The van der Waals surface area contributed by atoms with Gasteiger partial charge in [0, 0.05) is 24.5 Å². The fourth-order valence-electron chi connectivity index (χ4n) is 1.57. The van der Waals surface area contributed by atoms with Gasteiger partial charge in [0.1, 0.15) is 0 Å². The number of aromatic nitrogens is 2. The van der Waals surface area contributed by atoms with Gasteiger partial charge >= 0.3 is 0 Å². The number of carbonyl (C=O) groups excluding carboxylic acids is 1. The van der Waals surface area contributed by atoms with E-state index in [0.29, 0.717) is 5.82 Å². The Morgan fingerprint density at radius 3 is 2.29 bits per heavy atom. The third kappa shape index (κ3) is 2.13. The zero-order valence-electron chi connectivity index (χ0n) is 9.11. The second-order valence-electron chi connectivity index (χ2n) is 3.84. The van der Waals surface area contributed by atoms with Gasteiger partial charge in [0.25, 0.3) is 5.91 Å². The molecule has 4 heteroatoms. The summed E-state index contributed by atoms with van der Waals surface area (Å²) in [6.07, 6.45) is 3.25. The Morgan fingerprint density at radius 2 is 1.93 bits per heavy atom. The van der Waals surface area contributed by atoms with Crippen molar-refractivity contribution < 1.29 is 4.79 Å². The lowest BCUT2D eigenvalue weighted by Gasteiger charge is -2.29. The van der Waals surface area contributed by atoms with Crippen LogP contribution in [0.15, 0.2) is 12.4 Å². The molecule has 0 bridgehead atoms. The smallest absolute Gasteiger partial charge is 0.290 e. The van der Waals surface area contributed by atoms with Gasteiger partial charge in [0.05, 0.1) is 0 Å². The average molecular weight is 195 g/mol. The molecule has 1 amide bonds. The van der Waals surface area contributed by atoms with Crippen molar-refractivity contribution in [2.24, 2.45) is 0 Å². The van der Waals surface area contributed by atoms with E-state index in [1.54, 1.807) is 17.3 Å². The molecule has 0 fully saturated rings. The molecule has 14 heavy (non-hydrogen) atoms. The number of imidazole rings is 1. The number of rotatable bonds is 3. The Bertz CT molecular complexity index is 282. The number of amides is 1. The van der Waals surface area contributed by atoms with Gasteiger partial charge in [-0.3, -0.25) is 4.79 Å². The molecule has 1 aromatic heterocycles. The number of nitrogens with zero attached hydrogens (tertiary/aromatic N) is 2. The van der Waals surface area contributed by atoms with Crippen LogP contribution in [0, 0.1) is 0 Å². The fraction of sp³-hybridized carbons (Fsp3) is 0.600. The lowest BCUT2D eigenvalue weighted by molar-refractivity contribution is 0.0632. The Kier molecular flexibility index (Phi) is 3.28. The van der Waals surface area contributed by atoms with Crippen molar-refractivity contribution in [2.45, 2.75) is 39.8 Å². The minimum Gasteiger partial charge on any atom is -0.341 e. The standard InChI is InChI=1S/C10H17N3O/c1-7(2)13(8(3)4)10(14)9-11-5-6-12-9/h5-8H,1-4H3,(H,11,12). The van der Waals surface area contributed by atoms with Crippen LogP contribution in [-0.4, -0.2) is 32.9 Å². The molecule has 0 unspecified atom stereocenters. The Balaban J connectivity index is 2.85. The molecule has 1 N–H and O–H groups in total. The van der Waals surface area contributed by atoms with Crippen LogP contribution in [0.3, 0.4) is 0 Å². The Morgan fingerprint density at radius 1 is 1.36 bits per heavy atom. The van der Waals surface area contributed by atoms with Crippen LogP contribution in [0.5, 0.6) is 0 Å². The van der Waals surface area contributed by atoms with E-state index in [9.17, 15) is 4.79 Å². The molecule has 1 heterocycles. The lowest BCUT2D eigenvalue weighted by atomic mass is 10.2. The van der Waals surface area contributed by atoms with Gasteiger partial charge < -0.3 is 9.88 Å². The predicted octanol–water partition coefficient (Wildman–Crippen LogP) is 1.67. The first-order valence-corrected chi connectivity index (χ1v) is 4.86. The number of hydrogen-bond acceptors (Lipinski definition) is 2. The Hall–Kier alpha value is -1.32. The molecule has 1 rings (SSSR count). The highest BCUT2D eigenvalue weighted by Crippen LogP contribution is 2.08. The molecule has 0 aliphatic rings. The summed E-state index contributed by atoms with van der Waals surface area (Å²) in [5.74, 6) is 0.368. The second kappa shape index (κ2) is 4.26. The number of hydrogen-bond donors (Lipinski definition) is 1. The van der Waals surface area contributed by atoms with E-state index in [1.807, 2.05) is 27.7 Å². The summed E-state index contributed by atoms with van der Waals surface area (Å²) in [4.78, 5) is 20.5. The van der Waals surface area contributed by atoms with Crippen LogP contribution in [0.25, 0.3) is 0 Å². The molecule has 0 aliphatic carbocycles. The van der Waals surface area contributed by atoms with Gasteiger partial charge in [-0.2, -0.15) is 0 Å². The van der Waals surface area contributed by atoms with Gasteiger partial charge in [-0.05, 0) is 27.7 Å². The monoisotopic (exact) mass is 195 g/mol. The van der Waals surface area contributed by atoms with Crippen molar-refractivity contribution in [3.63, 3.8) is 0 Å². The van der Waals surface area contributed by atoms with Crippen molar-refractivity contribution in [1.82, 2.24) is 14.9 Å². The molecule has 0 radical (unpaired) electrons. The molecular weight excluding hydrogens is 178 g/mol. The van der Waals surface area contributed by atoms with E-state index in [1.165, 1.54) is 0 Å². The van der Waals surface area contributed by atoms with Crippen LogP contribution in [-0.2, 0) is 0 Å². The second-order valence-corrected chi connectivity index (χ2v) is 3.84. The van der Waals surface area contributed by atoms with E-state index in [4.69, 9.17) is 0 Å². The third-order valence-corrected chi connectivity index (χ3v) is 2.05. The minimum absolute atomic E-state index is 0.0417. The molecule has 1 aromatic rings. The summed E-state index contributed by atoms with van der Waals surface area (Å²) in [6.45, 7) is 8.00. The first-order chi connectivity index (χ1) is 6.54. The highest BCUT2D eigenvalue weighted by atomic mass is 16.2. The summed E-state index contributed by atoms with van der Waals surface area (Å²) in [5, 5.41) is 0. The molecule has 0 aliphatic heterocycles. The molecule has 0 atom stereocenters. The first-order valence-electron chi connectivity index (χ1n) is 4.86. The summed E-state index contributed by atoms with van der Waals surface area (Å²) < 4.78 is 0. The fourth-order valence-corrected chi connectivity index (χ4v) is 1.57. The van der Waals surface area contributed by atoms with Gasteiger partial charge in [-0.25, -0.2) is 4.98 Å². The summed E-state index contributed by atoms with van der Waals surface area (Å²) in [7, 11) is 0. The van der Waals surface area contributed by atoms with Gasteiger partial charge in [-0.1, -0.05) is 0 Å². The number of nitrogens with one attached hydrogen (secondary N) is 1. The van der Waals surface area contributed by atoms with E-state index < -0.39 is 0 Å². The Labute approximate surface area is 84.3 Å². The molecule has 0 aromatic carbocycles. The highest BCUT2D eigenvalue weighted by Gasteiger charge is 2.22. The van der Waals surface area contributed by atoms with Crippen molar-refractivity contribution >= 4 is 5.91 Å². The maximum Gasteiger partial charge on any atom is 0.290 e. The topological polar surface area (TPSA) is 49.0 Å². The predicted molar refractivity (Wildman–Crippen MR) is 55.0 cm³/mol. The SMILES string of the molecule is CC(C)N(C(=O)c1ncc[nH]1)C(C)C. The van der Waals surface area contributed by atoms with Crippen molar-refractivity contribution in [2.75, 3.05) is 0 Å². The zero-order chi connectivity index (χ0) is 10.7. The molecular formula is C10H17N3O. The average Bonchev–Trinajstić information content (AvgIpc) is 2.53. The van der Waals surface area contributed by atoms with Crippen LogP contribution in [0.1, 0.15) is 38.3 Å². The first kappa shape index (κ1) is 10.8. The number of carbonyl (C=O) groups is 1. The minimum atomic E-state index is -0.0417. The summed E-state index contributed by atoms with van der Waals surface area (Å²) in [5.41, 5.74) is 0. The summed E-state index contributed by atoms with van der Waals surface area (Å²) >= 11 is 0. The van der Waals surface area contributed by atoms with E-state index in [-0.39, 0.29) is 18.0 Å². The van der Waals surface area contributed by atoms with Crippen molar-refractivity contribution in [3.05, 3.63) is 18.2 Å². The summed E-state index contributed by atoms with van der Waals surface area (Å²) in [6, 6.07) is 0.375. The lowest BCUT2D eigenvalue weighted by Crippen LogP contribution is -2.42. The van der Waals surface area contributed by atoms with E-state index in [2.05, 4.69) is 9.97 Å². The van der Waals surface area contributed by atoms with Crippen LogP contribution in [0.2, 0.25) is 0 Å². The molecule has 4 nitrogen and oxygen atoms in total. The quantitative estimate of drug-likeness (QED) is 0.797. The van der Waals surface area contributed by atoms with Crippen molar-refractivity contribution in [1.29, 1.82) is 0 Å². The van der Waals surface area contributed by atoms with Crippen LogP contribution >= 0.6 is 0 Å². The molecule has 78 valence electrons. The highest BCUT2D eigenvalue weighted by molar-refractivity contribution is 5.90. The van der Waals surface area contributed by atoms with E-state index >= 15 is 0 Å². The van der Waals surface area contributed by atoms with E-state index in [0.717, 1.165) is 0 Å². The molecule has 0 saturated carbocycles. The number of aromatic amines is 1. The van der Waals surface area contributed by atoms with Gasteiger partial charge in [-0.15, -0.1) is 0 Å². The van der Waals surface area contributed by atoms with Gasteiger partial charge in [0.15, 0.2) is 5.82 Å². The number of H-pyrrole nitrogens is 1. The van der Waals surface area contributed by atoms with Crippen molar-refractivity contribution in [3.8, 4) is 0 Å². The maximum atomic E-state index is 11.9. The molecule has 0 saturated heterocycles.